The molecule has 0 spiro atoms. The number of hydrogen-bond donors (Lipinski definition) is 2. The number of hydrogen-bond acceptors (Lipinski definition) is 3. The molecule has 0 unspecified atom stereocenters. The van der Waals surface area contributed by atoms with Crippen LogP contribution in [0.1, 0.15) is 19.3 Å². The molecule has 0 heterocycles. The van der Waals surface area contributed by atoms with E-state index in [0.717, 1.165) is 13.0 Å². The standard InChI is InChI=1S/C12H16BrClN2O2S/c13-11-8-10(4-5-12(11)14)19(17,18)16-7-1-6-15-9-2-3-9/h4-5,8-9,15-16H,1-3,6-7H2. The Morgan fingerprint density at radius 1 is 1.32 bits per heavy atom. The topological polar surface area (TPSA) is 58.2 Å². The zero-order valence-corrected chi connectivity index (χ0v) is 13.5. The summed E-state index contributed by atoms with van der Waals surface area (Å²) in [5.41, 5.74) is 0. The van der Waals surface area contributed by atoms with Gasteiger partial charge in [-0.15, -0.1) is 0 Å². The summed E-state index contributed by atoms with van der Waals surface area (Å²) in [7, 11) is -3.45. The van der Waals surface area contributed by atoms with Crippen LogP contribution in [-0.2, 0) is 10.0 Å². The average Bonchev–Trinajstić information content (AvgIpc) is 3.16. The van der Waals surface area contributed by atoms with Gasteiger partial charge in [0.25, 0.3) is 0 Å². The molecule has 0 amide bonds. The van der Waals surface area contributed by atoms with E-state index in [2.05, 4.69) is 26.0 Å². The van der Waals surface area contributed by atoms with Crippen molar-refractivity contribution in [2.75, 3.05) is 13.1 Å². The van der Waals surface area contributed by atoms with Crippen LogP contribution in [0.4, 0.5) is 0 Å². The Bertz CT molecular complexity index is 547. The molecule has 4 nitrogen and oxygen atoms in total. The Morgan fingerprint density at radius 2 is 2.05 bits per heavy atom. The first-order chi connectivity index (χ1) is 8.99. The first-order valence-corrected chi connectivity index (χ1v) is 8.82. The van der Waals surface area contributed by atoms with E-state index in [1.54, 1.807) is 6.07 Å². The van der Waals surface area contributed by atoms with Crippen molar-refractivity contribution < 1.29 is 8.42 Å². The molecule has 0 bridgehead atoms. The van der Waals surface area contributed by atoms with Gasteiger partial charge < -0.3 is 5.32 Å². The highest BCUT2D eigenvalue weighted by Gasteiger charge is 2.19. The third kappa shape index (κ3) is 4.72. The summed E-state index contributed by atoms with van der Waals surface area (Å²) in [4.78, 5) is 0.221. The minimum atomic E-state index is -3.45. The van der Waals surface area contributed by atoms with E-state index in [0.29, 0.717) is 22.1 Å². The second kappa shape index (κ2) is 6.54. The summed E-state index contributed by atoms with van der Waals surface area (Å²) in [5.74, 6) is 0. The summed E-state index contributed by atoms with van der Waals surface area (Å²) in [6.07, 6.45) is 3.26. The smallest absolute Gasteiger partial charge is 0.240 e. The van der Waals surface area contributed by atoms with Crippen LogP contribution in [0.2, 0.25) is 5.02 Å². The van der Waals surface area contributed by atoms with Crippen LogP contribution < -0.4 is 10.0 Å². The van der Waals surface area contributed by atoms with Crippen molar-refractivity contribution in [3.63, 3.8) is 0 Å². The van der Waals surface area contributed by atoms with Crippen LogP contribution >= 0.6 is 27.5 Å². The van der Waals surface area contributed by atoms with Gasteiger partial charge in [-0.3, -0.25) is 0 Å². The SMILES string of the molecule is O=S(=O)(NCCCNC1CC1)c1ccc(Cl)c(Br)c1. The molecule has 0 aromatic heterocycles. The summed E-state index contributed by atoms with van der Waals surface area (Å²) in [5, 5.41) is 3.83. The Balaban J connectivity index is 1.84. The maximum Gasteiger partial charge on any atom is 0.240 e. The predicted molar refractivity (Wildman–Crippen MR) is 80.0 cm³/mol. The van der Waals surface area contributed by atoms with Crippen molar-refractivity contribution in [2.45, 2.75) is 30.2 Å². The first kappa shape index (κ1) is 15.3. The fourth-order valence-electron chi connectivity index (χ4n) is 1.62. The highest BCUT2D eigenvalue weighted by Crippen LogP contribution is 2.25. The second-order valence-electron chi connectivity index (χ2n) is 4.56. The molecule has 1 aromatic rings. The second-order valence-corrected chi connectivity index (χ2v) is 7.58. The molecule has 0 radical (unpaired) electrons. The van der Waals surface area contributed by atoms with Gasteiger partial charge in [-0.25, -0.2) is 13.1 Å². The van der Waals surface area contributed by atoms with E-state index in [-0.39, 0.29) is 4.90 Å². The monoisotopic (exact) mass is 366 g/mol. The molecule has 1 aromatic carbocycles. The number of rotatable bonds is 7. The van der Waals surface area contributed by atoms with Crippen LogP contribution in [-0.4, -0.2) is 27.5 Å². The zero-order chi connectivity index (χ0) is 13.9. The van der Waals surface area contributed by atoms with Crippen molar-refractivity contribution in [1.29, 1.82) is 0 Å². The number of halogens is 2. The average molecular weight is 368 g/mol. The third-order valence-corrected chi connectivity index (χ3v) is 5.53. The van der Waals surface area contributed by atoms with Crippen molar-refractivity contribution in [3.8, 4) is 0 Å². The van der Waals surface area contributed by atoms with E-state index in [9.17, 15) is 8.42 Å². The Labute approximate surface area is 127 Å². The molecular weight excluding hydrogens is 352 g/mol. The van der Waals surface area contributed by atoms with E-state index in [1.807, 2.05) is 0 Å². The van der Waals surface area contributed by atoms with Gasteiger partial charge in [-0.1, -0.05) is 11.6 Å². The van der Waals surface area contributed by atoms with Crippen LogP contribution in [0.5, 0.6) is 0 Å². The minimum Gasteiger partial charge on any atom is -0.314 e. The molecule has 2 rings (SSSR count). The minimum absolute atomic E-state index is 0.221. The molecule has 19 heavy (non-hydrogen) atoms. The maximum atomic E-state index is 12.0. The van der Waals surface area contributed by atoms with Crippen molar-refractivity contribution in [3.05, 3.63) is 27.7 Å². The highest BCUT2D eigenvalue weighted by atomic mass is 79.9. The lowest BCUT2D eigenvalue weighted by Gasteiger charge is -2.08. The lowest BCUT2D eigenvalue weighted by molar-refractivity contribution is 0.573. The van der Waals surface area contributed by atoms with Crippen LogP contribution in [0.3, 0.4) is 0 Å². The molecule has 0 saturated heterocycles. The summed E-state index contributed by atoms with van der Waals surface area (Å²) in [6.45, 7) is 1.28. The van der Waals surface area contributed by atoms with Crippen molar-refractivity contribution >= 4 is 37.6 Å². The third-order valence-electron chi connectivity index (χ3n) is 2.86. The summed E-state index contributed by atoms with van der Waals surface area (Å²) in [6, 6.07) is 5.23. The Morgan fingerprint density at radius 3 is 2.68 bits per heavy atom. The molecule has 0 atom stereocenters. The highest BCUT2D eigenvalue weighted by molar-refractivity contribution is 9.10. The molecular formula is C12H16BrClN2O2S. The van der Waals surface area contributed by atoms with E-state index in [4.69, 9.17) is 11.6 Å². The number of sulfonamides is 1. The molecule has 2 N–H and O–H groups in total. The van der Waals surface area contributed by atoms with Gasteiger partial charge in [0.1, 0.15) is 0 Å². The molecule has 1 aliphatic carbocycles. The number of benzene rings is 1. The first-order valence-electron chi connectivity index (χ1n) is 6.17. The van der Waals surface area contributed by atoms with Crippen LogP contribution in [0.25, 0.3) is 0 Å². The normalized spacial score (nSPS) is 15.7. The van der Waals surface area contributed by atoms with Crippen LogP contribution in [0.15, 0.2) is 27.6 Å². The van der Waals surface area contributed by atoms with Crippen LogP contribution in [0, 0.1) is 0 Å². The van der Waals surface area contributed by atoms with Crippen molar-refractivity contribution in [1.82, 2.24) is 10.0 Å². The molecule has 0 aliphatic heterocycles. The lowest BCUT2D eigenvalue weighted by Crippen LogP contribution is -2.28. The summed E-state index contributed by atoms with van der Waals surface area (Å²) < 4.78 is 27.2. The van der Waals surface area contributed by atoms with E-state index >= 15 is 0 Å². The van der Waals surface area contributed by atoms with E-state index < -0.39 is 10.0 Å². The van der Waals surface area contributed by atoms with Gasteiger partial charge in [0, 0.05) is 17.1 Å². The van der Waals surface area contributed by atoms with Crippen molar-refractivity contribution in [2.24, 2.45) is 0 Å². The largest absolute Gasteiger partial charge is 0.314 e. The van der Waals surface area contributed by atoms with Gasteiger partial charge in [0.2, 0.25) is 10.0 Å². The quantitative estimate of drug-likeness (QED) is 0.728. The Kier molecular flexibility index (Phi) is 5.25. The van der Waals surface area contributed by atoms with Gasteiger partial charge in [0.15, 0.2) is 0 Å². The predicted octanol–water partition coefficient (Wildman–Crippen LogP) is 2.52. The number of nitrogens with one attached hydrogen (secondary N) is 2. The molecule has 1 saturated carbocycles. The zero-order valence-electron chi connectivity index (χ0n) is 10.3. The van der Waals surface area contributed by atoms with Gasteiger partial charge in [0.05, 0.1) is 9.92 Å². The summed E-state index contributed by atoms with van der Waals surface area (Å²) >= 11 is 9.06. The van der Waals surface area contributed by atoms with Gasteiger partial charge in [-0.2, -0.15) is 0 Å². The Hall–Kier alpha value is -0.140. The molecule has 7 heteroatoms. The molecule has 1 aliphatic rings. The maximum absolute atomic E-state index is 12.0. The fourth-order valence-corrected chi connectivity index (χ4v) is 3.36. The lowest BCUT2D eigenvalue weighted by atomic mass is 10.4. The molecule has 1 fully saturated rings. The molecule has 106 valence electrons. The van der Waals surface area contributed by atoms with Gasteiger partial charge >= 0.3 is 0 Å². The van der Waals surface area contributed by atoms with Gasteiger partial charge in [-0.05, 0) is 59.9 Å². The van der Waals surface area contributed by atoms with E-state index in [1.165, 1.54) is 25.0 Å². The fraction of sp³-hybridized carbons (Fsp3) is 0.500.